The Morgan fingerprint density at radius 3 is 2.50 bits per heavy atom. The van der Waals surface area contributed by atoms with Crippen LogP contribution in [0.4, 0.5) is 0 Å². The Morgan fingerprint density at radius 2 is 2.00 bits per heavy atom. The highest BCUT2D eigenvalue weighted by Gasteiger charge is 2.19. The van der Waals surface area contributed by atoms with Gasteiger partial charge in [-0.25, -0.2) is 0 Å². The molecule has 0 radical (unpaired) electrons. The highest BCUT2D eigenvalue weighted by atomic mass is 16.6. The van der Waals surface area contributed by atoms with Crippen LogP contribution >= 0.6 is 0 Å². The predicted molar refractivity (Wildman–Crippen MR) is 62.6 cm³/mol. The van der Waals surface area contributed by atoms with Crippen LogP contribution in [-0.2, 0) is 14.2 Å². The van der Waals surface area contributed by atoms with Crippen molar-refractivity contribution in [3.05, 3.63) is 0 Å². The summed E-state index contributed by atoms with van der Waals surface area (Å²) >= 11 is 0. The summed E-state index contributed by atoms with van der Waals surface area (Å²) in [5, 5.41) is 9.56. The molecule has 0 aliphatic rings. The second kappa shape index (κ2) is 8.64. The van der Waals surface area contributed by atoms with Crippen molar-refractivity contribution >= 4 is 6.21 Å². The summed E-state index contributed by atoms with van der Waals surface area (Å²) in [5.74, 6) is -1.13. The molecule has 1 N–H and O–H groups in total. The molecule has 1 unspecified atom stereocenters. The van der Waals surface area contributed by atoms with E-state index in [1.54, 1.807) is 34.3 Å². The average molecular weight is 233 g/mol. The van der Waals surface area contributed by atoms with Gasteiger partial charge >= 0.3 is 0 Å². The molecular formula is C11H23NO4. The maximum absolute atomic E-state index is 9.56. The van der Waals surface area contributed by atoms with Crippen LogP contribution in [0.3, 0.4) is 0 Å². The van der Waals surface area contributed by atoms with Crippen molar-refractivity contribution in [1.82, 2.24) is 0 Å². The molecule has 16 heavy (non-hydrogen) atoms. The first-order valence-corrected chi connectivity index (χ1v) is 5.36. The molecule has 0 amide bonds. The van der Waals surface area contributed by atoms with Gasteiger partial charge < -0.3 is 19.3 Å². The van der Waals surface area contributed by atoms with E-state index >= 15 is 0 Å². The Balaban J connectivity index is 3.99. The van der Waals surface area contributed by atoms with E-state index in [1.165, 1.54) is 0 Å². The molecule has 0 fully saturated rings. The quantitative estimate of drug-likeness (QED) is 0.480. The standard InChI is InChI=1S/C11H23NO4/c1-11(2,13)16-10(6-8-14-3)5-7-12-9-15-4/h7,10,13H,5-6,8-9H2,1-4H3. The molecular weight excluding hydrogens is 210 g/mol. The SMILES string of the molecule is COCCC(CC=NCOC)OC(C)(C)O. The van der Waals surface area contributed by atoms with E-state index < -0.39 is 5.79 Å². The van der Waals surface area contributed by atoms with Crippen LogP contribution in [0.2, 0.25) is 0 Å². The Labute approximate surface area is 97.4 Å². The number of aliphatic imine (C=N–C) groups is 1. The number of ether oxygens (including phenoxy) is 3. The van der Waals surface area contributed by atoms with Gasteiger partial charge in [0.25, 0.3) is 0 Å². The molecule has 0 aromatic rings. The number of aliphatic hydroxyl groups is 1. The van der Waals surface area contributed by atoms with Gasteiger partial charge in [-0.3, -0.25) is 4.99 Å². The van der Waals surface area contributed by atoms with Gasteiger partial charge in [0.2, 0.25) is 0 Å². The Hall–Kier alpha value is -0.490. The number of rotatable bonds is 9. The van der Waals surface area contributed by atoms with Gasteiger partial charge in [0, 0.05) is 33.5 Å². The molecule has 0 saturated heterocycles. The highest BCUT2D eigenvalue weighted by Crippen LogP contribution is 2.13. The number of nitrogens with zero attached hydrogens (tertiary/aromatic N) is 1. The lowest BCUT2D eigenvalue weighted by molar-refractivity contribution is -0.206. The van der Waals surface area contributed by atoms with Crippen molar-refractivity contribution in [2.45, 2.75) is 38.6 Å². The highest BCUT2D eigenvalue weighted by molar-refractivity contribution is 5.57. The summed E-state index contributed by atoms with van der Waals surface area (Å²) in [6.07, 6.45) is 3.01. The third-order valence-corrected chi connectivity index (χ3v) is 1.80. The lowest BCUT2D eigenvalue weighted by Gasteiger charge is -2.25. The third kappa shape index (κ3) is 10.0. The summed E-state index contributed by atoms with van der Waals surface area (Å²) in [4.78, 5) is 4.02. The molecule has 96 valence electrons. The Bertz CT molecular complexity index is 189. The van der Waals surface area contributed by atoms with E-state index in [0.29, 0.717) is 19.8 Å². The second-order valence-electron chi connectivity index (χ2n) is 3.99. The molecule has 0 heterocycles. The van der Waals surface area contributed by atoms with Crippen molar-refractivity contribution in [3.8, 4) is 0 Å². The van der Waals surface area contributed by atoms with Crippen LogP contribution in [0.25, 0.3) is 0 Å². The maximum atomic E-state index is 9.56. The summed E-state index contributed by atoms with van der Waals surface area (Å²) in [6, 6.07) is 0. The second-order valence-corrected chi connectivity index (χ2v) is 3.99. The van der Waals surface area contributed by atoms with Gasteiger partial charge in [0.1, 0.15) is 6.73 Å². The van der Waals surface area contributed by atoms with Gasteiger partial charge in [0.15, 0.2) is 5.79 Å². The van der Waals surface area contributed by atoms with E-state index in [4.69, 9.17) is 14.2 Å². The summed E-state index contributed by atoms with van der Waals surface area (Å²) in [6.45, 7) is 4.16. The molecule has 1 atom stereocenters. The van der Waals surface area contributed by atoms with Crippen LogP contribution in [-0.4, -0.2) is 50.8 Å². The molecule has 0 rings (SSSR count). The molecule has 5 nitrogen and oxygen atoms in total. The first-order chi connectivity index (χ1) is 7.49. The first kappa shape index (κ1) is 15.5. The molecule has 0 aliphatic heterocycles. The minimum Gasteiger partial charge on any atom is -0.385 e. The minimum absolute atomic E-state index is 0.0967. The molecule has 0 saturated carbocycles. The number of hydrogen-bond acceptors (Lipinski definition) is 5. The first-order valence-electron chi connectivity index (χ1n) is 5.36. The van der Waals surface area contributed by atoms with Crippen molar-refractivity contribution in [2.75, 3.05) is 27.6 Å². The molecule has 0 aromatic heterocycles. The summed E-state index contributed by atoms with van der Waals surface area (Å²) in [5.41, 5.74) is 0. The lowest BCUT2D eigenvalue weighted by atomic mass is 10.2. The van der Waals surface area contributed by atoms with Crippen molar-refractivity contribution < 1.29 is 19.3 Å². The van der Waals surface area contributed by atoms with Gasteiger partial charge in [-0.15, -0.1) is 0 Å². The lowest BCUT2D eigenvalue weighted by Crippen LogP contribution is -2.31. The predicted octanol–water partition coefficient (Wildman–Crippen LogP) is 1.20. The zero-order valence-corrected chi connectivity index (χ0v) is 10.6. The van der Waals surface area contributed by atoms with Crippen molar-refractivity contribution in [1.29, 1.82) is 0 Å². The van der Waals surface area contributed by atoms with E-state index in [0.717, 1.165) is 6.42 Å². The van der Waals surface area contributed by atoms with Crippen LogP contribution in [0, 0.1) is 0 Å². The van der Waals surface area contributed by atoms with Crippen molar-refractivity contribution in [2.24, 2.45) is 4.99 Å². The van der Waals surface area contributed by atoms with Crippen LogP contribution < -0.4 is 0 Å². The van der Waals surface area contributed by atoms with Gasteiger partial charge in [-0.2, -0.15) is 0 Å². The van der Waals surface area contributed by atoms with Gasteiger partial charge in [-0.05, 0) is 20.3 Å². The van der Waals surface area contributed by atoms with Gasteiger partial charge in [0.05, 0.1) is 6.10 Å². The molecule has 0 aromatic carbocycles. The fourth-order valence-corrected chi connectivity index (χ4v) is 1.20. The van der Waals surface area contributed by atoms with Crippen LogP contribution in [0.1, 0.15) is 26.7 Å². The summed E-state index contributed by atoms with van der Waals surface area (Å²) in [7, 11) is 3.23. The van der Waals surface area contributed by atoms with E-state index in [-0.39, 0.29) is 6.10 Å². The zero-order valence-electron chi connectivity index (χ0n) is 10.6. The largest absolute Gasteiger partial charge is 0.385 e. The fraction of sp³-hybridized carbons (Fsp3) is 0.909. The molecule has 0 aliphatic carbocycles. The van der Waals surface area contributed by atoms with Crippen LogP contribution in [0.15, 0.2) is 4.99 Å². The fourth-order valence-electron chi connectivity index (χ4n) is 1.20. The van der Waals surface area contributed by atoms with E-state index in [9.17, 15) is 5.11 Å². The van der Waals surface area contributed by atoms with E-state index in [1.807, 2.05) is 0 Å². The van der Waals surface area contributed by atoms with Crippen LogP contribution in [0.5, 0.6) is 0 Å². The molecule has 5 heteroatoms. The normalized spacial score (nSPS) is 14.6. The topological polar surface area (TPSA) is 60.3 Å². The molecule has 0 spiro atoms. The van der Waals surface area contributed by atoms with E-state index in [2.05, 4.69) is 4.99 Å². The monoisotopic (exact) mass is 233 g/mol. The average Bonchev–Trinajstić information content (AvgIpc) is 2.18. The van der Waals surface area contributed by atoms with Gasteiger partial charge in [-0.1, -0.05) is 0 Å². The summed E-state index contributed by atoms with van der Waals surface area (Å²) < 4.78 is 15.2. The number of methoxy groups -OCH3 is 2. The van der Waals surface area contributed by atoms with Crippen molar-refractivity contribution in [3.63, 3.8) is 0 Å². The Kier molecular flexibility index (Phi) is 8.37. The zero-order chi connectivity index (χ0) is 12.4. The maximum Gasteiger partial charge on any atom is 0.160 e. The smallest absolute Gasteiger partial charge is 0.160 e. The minimum atomic E-state index is -1.13. The number of hydrogen-bond donors (Lipinski definition) is 1. The third-order valence-electron chi connectivity index (χ3n) is 1.80. The Morgan fingerprint density at radius 1 is 1.31 bits per heavy atom. The molecule has 0 bridgehead atoms.